The molecule has 0 bridgehead atoms. The van der Waals surface area contributed by atoms with Crippen molar-refractivity contribution in [3.63, 3.8) is 0 Å². The summed E-state index contributed by atoms with van der Waals surface area (Å²) in [6.07, 6.45) is 0. The average molecular weight is 186 g/mol. The molecule has 0 amide bonds. The van der Waals surface area contributed by atoms with E-state index in [4.69, 9.17) is 4.43 Å². The van der Waals surface area contributed by atoms with Crippen molar-refractivity contribution in [2.45, 2.75) is 40.4 Å². The van der Waals surface area contributed by atoms with Crippen LogP contribution < -0.4 is 0 Å². The molecule has 0 spiro atoms. The van der Waals surface area contributed by atoms with E-state index in [-0.39, 0.29) is 5.41 Å². The van der Waals surface area contributed by atoms with E-state index in [1.807, 2.05) is 0 Å². The van der Waals surface area contributed by atoms with Crippen molar-refractivity contribution in [2.75, 3.05) is 6.61 Å². The molecule has 72 valence electrons. The molecule has 0 saturated carbocycles. The van der Waals surface area contributed by atoms with Crippen LogP contribution in [0.2, 0.25) is 19.6 Å². The molecule has 0 saturated heterocycles. The summed E-state index contributed by atoms with van der Waals surface area (Å²) < 4.78 is 5.76. The fourth-order valence-corrected chi connectivity index (χ4v) is 1.13. The molecular weight excluding hydrogens is 164 g/mol. The third kappa shape index (κ3) is 5.55. The van der Waals surface area contributed by atoms with Crippen molar-refractivity contribution in [3.05, 3.63) is 12.2 Å². The first kappa shape index (κ1) is 11.9. The van der Waals surface area contributed by atoms with Crippen molar-refractivity contribution >= 4 is 8.32 Å². The van der Waals surface area contributed by atoms with Crippen LogP contribution in [0.3, 0.4) is 0 Å². The van der Waals surface area contributed by atoms with E-state index in [1.165, 1.54) is 5.57 Å². The Labute approximate surface area is 78.0 Å². The van der Waals surface area contributed by atoms with Gasteiger partial charge in [0.25, 0.3) is 0 Å². The van der Waals surface area contributed by atoms with Crippen molar-refractivity contribution in [1.82, 2.24) is 0 Å². The minimum absolute atomic E-state index is 0.180. The molecule has 2 heteroatoms. The van der Waals surface area contributed by atoms with Gasteiger partial charge in [-0.25, -0.2) is 0 Å². The molecule has 0 fully saturated rings. The Balaban J connectivity index is 3.90. The summed E-state index contributed by atoms with van der Waals surface area (Å²) in [5, 5.41) is 0. The molecule has 0 aromatic rings. The highest BCUT2D eigenvalue weighted by Crippen LogP contribution is 2.24. The van der Waals surface area contributed by atoms with Crippen LogP contribution in [0.5, 0.6) is 0 Å². The quantitative estimate of drug-likeness (QED) is 0.484. The molecule has 0 atom stereocenters. The minimum Gasteiger partial charge on any atom is -0.414 e. The maximum absolute atomic E-state index is 5.76. The molecular formula is C10H22OSi. The van der Waals surface area contributed by atoms with Gasteiger partial charge in [-0.15, -0.1) is 0 Å². The molecule has 12 heavy (non-hydrogen) atoms. The van der Waals surface area contributed by atoms with Crippen molar-refractivity contribution in [3.8, 4) is 0 Å². The second kappa shape index (κ2) is 3.75. The predicted octanol–water partition coefficient (Wildman–Crippen LogP) is 3.44. The van der Waals surface area contributed by atoms with Crippen LogP contribution in [-0.4, -0.2) is 14.9 Å². The first-order valence-electron chi connectivity index (χ1n) is 4.45. The van der Waals surface area contributed by atoms with E-state index in [9.17, 15) is 0 Å². The lowest BCUT2D eigenvalue weighted by molar-refractivity contribution is 0.311. The molecule has 0 rings (SSSR count). The van der Waals surface area contributed by atoms with E-state index >= 15 is 0 Å². The van der Waals surface area contributed by atoms with Gasteiger partial charge in [-0.3, -0.25) is 0 Å². The predicted molar refractivity (Wildman–Crippen MR) is 57.9 cm³/mol. The molecule has 0 unspecified atom stereocenters. The number of hydrogen-bond donors (Lipinski definition) is 0. The van der Waals surface area contributed by atoms with Gasteiger partial charge in [-0.2, -0.15) is 0 Å². The van der Waals surface area contributed by atoms with Gasteiger partial charge in [-0.05, 0) is 30.6 Å². The molecule has 0 aliphatic rings. The molecule has 0 aliphatic heterocycles. The second-order valence-corrected chi connectivity index (χ2v) is 9.77. The third-order valence-electron chi connectivity index (χ3n) is 1.74. The minimum atomic E-state index is -1.36. The van der Waals surface area contributed by atoms with Crippen LogP contribution in [0.4, 0.5) is 0 Å². The normalized spacial score (nSPS) is 13.2. The number of rotatable bonds is 3. The lowest BCUT2D eigenvalue weighted by atomic mass is 9.88. The molecule has 0 aromatic carbocycles. The molecule has 1 nitrogen and oxygen atoms in total. The van der Waals surface area contributed by atoms with Crippen molar-refractivity contribution in [2.24, 2.45) is 5.41 Å². The molecule has 0 radical (unpaired) electrons. The summed E-state index contributed by atoms with van der Waals surface area (Å²) in [7, 11) is -1.36. The second-order valence-electron chi connectivity index (χ2n) is 5.25. The molecule has 0 aliphatic carbocycles. The SMILES string of the molecule is C=C(CO[Si](C)(C)C)C(C)(C)C. The fourth-order valence-electron chi connectivity index (χ4n) is 0.520. The summed E-state index contributed by atoms with van der Waals surface area (Å²) in [6.45, 7) is 17.8. The van der Waals surface area contributed by atoms with Crippen LogP contribution in [0, 0.1) is 5.41 Å². The highest BCUT2D eigenvalue weighted by molar-refractivity contribution is 6.69. The van der Waals surface area contributed by atoms with Crippen molar-refractivity contribution < 1.29 is 4.43 Å². The maximum atomic E-state index is 5.76. The summed E-state index contributed by atoms with van der Waals surface area (Å²) in [5.74, 6) is 0. The monoisotopic (exact) mass is 186 g/mol. The van der Waals surface area contributed by atoms with E-state index in [2.05, 4.69) is 47.0 Å². The summed E-state index contributed by atoms with van der Waals surface area (Å²) >= 11 is 0. The maximum Gasteiger partial charge on any atom is 0.184 e. The van der Waals surface area contributed by atoms with Gasteiger partial charge in [0.1, 0.15) is 0 Å². The Morgan fingerprint density at radius 2 is 1.67 bits per heavy atom. The summed E-state index contributed by atoms with van der Waals surface area (Å²) in [6, 6.07) is 0. The van der Waals surface area contributed by atoms with Gasteiger partial charge in [0.05, 0.1) is 6.61 Å². The molecule has 0 heterocycles. The Morgan fingerprint density at radius 3 is 1.92 bits per heavy atom. The smallest absolute Gasteiger partial charge is 0.184 e. The van der Waals surface area contributed by atoms with E-state index in [0.29, 0.717) is 0 Å². The zero-order valence-corrected chi connectivity index (χ0v) is 10.3. The Bertz CT molecular complexity index is 160. The van der Waals surface area contributed by atoms with E-state index < -0.39 is 8.32 Å². The van der Waals surface area contributed by atoms with E-state index in [0.717, 1.165) is 6.61 Å². The largest absolute Gasteiger partial charge is 0.414 e. The number of hydrogen-bond acceptors (Lipinski definition) is 1. The summed E-state index contributed by atoms with van der Waals surface area (Å²) in [4.78, 5) is 0. The lowest BCUT2D eigenvalue weighted by Gasteiger charge is -2.25. The highest BCUT2D eigenvalue weighted by atomic mass is 28.4. The first-order chi connectivity index (χ1) is 5.13. The standard InChI is InChI=1S/C10H22OSi/c1-9(10(2,3)4)8-11-12(5,6)7/h1,8H2,2-7H3. The van der Waals surface area contributed by atoms with Crippen LogP contribution in [0.1, 0.15) is 20.8 Å². The van der Waals surface area contributed by atoms with Gasteiger partial charge >= 0.3 is 0 Å². The molecule has 0 N–H and O–H groups in total. The zero-order valence-electron chi connectivity index (χ0n) is 9.32. The van der Waals surface area contributed by atoms with Crippen LogP contribution >= 0.6 is 0 Å². The van der Waals surface area contributed by atoms with Crippen LogP contribution in [-0.2, 0) is 4.43 Å². The van der Waals surface area contributed by atoms with Crippen LogP contribution in [0.15, 0.2) is 12.2 Å². The van der Waals surface area contributed by atoms with Crippen LogP contribution in [0.25, 0.3) is 0 Å². The third-order valence-corrected chi connectivity index (χ3v) is 2.75. The van der Waals surface area contributed by atoms with Gasteiger partial charge in [0.15, 0.2) is 8.32 Å². The van der Waals surface area contributed by atoms with Gasteiger partial charge in [-0.1, -0.05) is 27.4 Å². The topological polar surface area (TPSA) is 9.23 Å². The van der Waals surface area contributed by atoms with Gasteiger partial charge in [0.2, 0.25) is 0 Å². The van der Waals surface area contributed by atoms with Crippen molar-refractivity contribution in [1.29, 1.82) is 0 Å². The fraction of sp³-hybridized carbons (Fsp3) is 0.800. The highest BCUT2D eigenvalue weighted by Gasteiger charge is 2.19. The Hall–Kier alpha value is -0.0831. The zero-order chi connectivity index (χ0) is 9.99. The first-order valence-corrected chi connectivity index (χ1v) is 7.86. The molecule has 0 aromatic heterocycles. The average Bonchev–Trinajstić information content (AvgIpc) is 1.78. The van der Waals surface area contributed by atoms with Gasteiger partial charge in [0, 0.05) is 0 Å². The Morgan fingerprint density at radius 1 is 1.25 bits per heavy atom. The van der Waals surface area contributed by atoms with Gasteiger partial charge < -0.3 is 4.43 Å². The Kier molecular flexibility index (Phi) is 3.73. The lowest BCUT2D eigenvalue weighted by Crippen LogP contribution is -2.28. The summed E-state index contributed by atoms with van der Waals surface area (Å²) in [5.41, 5.74) is 1.37. The van der Waals surface area contributed by atoms with E-state index in [1.54, 1.807) is 0 Å².